The molecular formula is C13H13N3O4. The zero-order valence-corrected chi connectivity index (χ0v) is 11.0. The van der Waals surface area contributed by atoms with Crippen LogP contribution in [0.4, 0.5) is 5.69 Å². The Balaban J connectivity index is 2.32. The molecule has 0 fully saturated rings. The van der Waals surface area contributed by atoms with Gasteiger partial charge in [-0.1, -0.05) is 0 Å². The minimum Gasteiger partial charge on any atom is -0.495 e. The monoisotopic (exact) mass is 275 g/mol. The van der Waals surface area contributed by atoms with Crippen molar-refractivity contribution in [3.05, 3.63) is 42.0 Å². The maximum atomic E-state index is 12.0. The molecule has 0 radical (unpaired) electrons. The molecule has 0 spiro atoms. The van der Waals surface area contributed by atoms with Gasteiger partial charge in [0.1, 0.15) is 5.75 Å². The van der Waals surface area contributed by atoms with E-state index in [1.165, 1.54) is 31.5 Å². The number of aromatic carboxylic acids is 1. The van der Waals surface area contributed by atoms with Crippen molar-refractivity contribution < 1.29 is 19.4 Å². The summed E-state index contributed by atoms with van der Waals surface area (Å²) >= 11 is 0. The highest BCUT2D eigenvalue weighted by Gasteiger charge is 2.15. The maximum Gasteiger partial charge on any atom is 0.335 e. The highest BCUT2D eigenvalue weighted by molar-refractivity contribution is 6.03. The number of rotatable bonds is 4. The van der Waals surface area contributed by atoms with E-state index in [4.69, 9.17) is 9.84 Å². The molecule has 7 nitrogen and oxygen atoms in total. The summed E-state index contributed by atoms with van der Waals surface area (Å²) in [6.07, 6.45) is 3.14. The lowest BCUT2D eigenvalue weighted by Crippen LogP contribution is -2.17. The van der Waals surface area contributed by atoms with Gasteiger partial charge in [0.05, 0.1) is 18.4 Å². The van der Waals surface area contributed by atoms with E-state index < -0.39 is 11.9 Å². The van der Waals surface area contributed by atoms with Crippen molar-refractivity contribution in [3.63, 3.8) is 0 Å². The Morgan fingerprint density at radius 2 is 2.15 bits per heavy atom. The zero-order valence-electron chi connectivity index (χ0n) is 11.0. The lowest BCUT2D eigenvalue weighted by atomic mass is 10.2. The Bertz CT molecular complexity index is 663. The summed E-state index contributed by atoms with van der Waals surface area (Å²) in [6.45, 7) is 0. The summed E-state index contributed by atoms with van der Waals surface area (Å²) in [5, 5.41) is 11.6. The van der Waals surface area contributed by atoms with E-state index in [0.29, 0.717) is 5.75 Å². The number of ether oxygens (including phenoxy) is 1. The summed E-state index contributed by atoms with van der Waals surface area (Å²) in [6, 6.07) is 4.22. The van der Waals surface area contributed by atoms with E-state index >= 15 is 0 Å². The number of hydrogen-bond donors (Lipinski definition) is 2. The molecule has 104 valence electrons. The largest absolute Gasteiger partial charge is 0.495 e. The molecule has 0 aliphatic heterocycles. The quantitative estimate of drug-likeness (QED) is 0.879. The Labute approximate surface area is 114 Å². The number of nitrogens with zero attached hydrogens (tertiary/aromatic N) is 2. The van der Waals surface area contributed by atoms with E-state index in [1.807, 2.05) is 0 Å². The zero-order chi connectivity index (χ0) is 14.7. The van der Waals surface area contributed by atoms with Crippen LogP contribution in [0.2, 0.25) is 0 Å². The Kier molecular flexibility index (Phi) is 3.69. The van der Waals surface area contributed by atoms with Crippen molar-refractivity contribution in [2.75, 3.05) is 12.4 Å². The second-order valence-corrected chi connectivity index (χ2v) is 4.04. The number of carbonyl (C=O) groups is 2. The summed E-state index contributed by atoms with van der Waals surface area (Å²) in [7, 11) is 3.12. The number of benzene rings is 1. The summed E-state index contributed by atoms with van der Waals surface area (Å²) in [5.41, 5.74) is 0.335. The van der Waals surface area contributed by atoms with Crippen LogP contribution in [-0.2, 0) is 7.05 Å². The number of nitrogens with one attached hydrogen (secondary N) is 1. The third kappa shape index (κ3) is 2.61. The predicted molar refractivity (Wildman–Crippen MR) is 71.1 cm³/mol. The molecule has 2 rings (SSSR count). The first-order valence-electron chi connectivity index (χ1n) is 5.73. The third-order valence-electron chi connectivity index (χ3n) is 2.72. The van der Waals surface area contributed by atoms with Gasteiger partial charge in [-0.2, -0.15) is 0 Å². The van der Waals surface area contributed by atoms with Crippen molar-refractivity contribution in [1.82, 2.24) is 9.55 Å². The van der Waals surface area contributed by atoms with Gasteiger partial charge in [0.2, 0.25) is 0 Å². The minimum atomic E-state index is -1.08. The number of carboxylic acid groups (broad SMARTS) is 1. The number of methoxy groups -OCH3 is 1. The molecular weight excluding hydrogens is 262 g/mol. The molecule has 0 atom stereocenters. The average Bonchev–Trinajstić information content (AvgIpc) is 2.84. The maximum absolute atomic E-state index is 12.0. The number of aromatic nitrogens is 2. The number of amides is 1. The Hall–Kier alpha value is -2.83. The lowest BCUT2D eigenvalue weighted by Gasteiger charge is -2.10. The first kappa shape index (κ1) is 13.6. The van der Waals surface area contributed by atoms with Gasteiger partial charge in [-0.3, -0.25) is 4.79 Å². The highest BCUT2D eigenvalue weighted by atomic mass is 16.5. The number of carbonyl (C=O) groups excluding carboxylic acids is 1. The van der Waals surface area contributed by atoms with Crippen molar-refractivity contribution >= 4 is 17.6 Å². The van der Waals surface area contributed by atoms with Crippen LogP contribution in [0.5, 0.6) is 5.75 Å². The highest BCUT2D eigenvalue weighted by Crippen LogP contribution is 2.26. The van der Waals surface area contributed by atoms with Crippen LogP contribution in [0.1, 0.15) is 21.0 Å². The molecule has 1 heterocycles. The van der Waals surface area contributed by atoms with Gasteiger partial charge in [-0.05, 0) is 18.2 Å². The smallest absolute Gasteiger partial charge is 0.335 e. The number of aryl methyl sites for hydroxylation is 1. The number of anilines is 1. The van der Waals surface area contributed by atoms with E-state index in [0.717, 1.165) is 0 Å². The number of carboxylic acids is 1. The fourth-order valence-electron chi connectivity index (χ4n) is 1.70. The molecule has 7 heteroatoms. The van der Waals surface area contributed by atoms with Crippen LogP contribution in [0.3, 0.4) is 0 Å². The van der Waals surface area contributed by atoms with Crippen molar-refractivity contribution in [2.45, 2.75) is 0 Å². The number of hydrogen-bond acceptors (Lipinski definition) is 4. The predicted octanol–water partition coefficient (Wildman–Crippen LogP) is 1.38. The van der Waals surface area contributed by atoms with Crippen molar-refractivity contribution in [2.24, 2.45) is 7.05 Å². The minimum absolute atomic E-state index is 0.0564. The molecule has 0 aliphatic rings. The topological polar surface area (TPSA) is 93.4 Å². The lowest BCUT2D eigenvalue weighted by molar-refractivity contribution is 0.0696. The fraction of sp³-hybridized carbons (Fsp3) is 0.154. The molecule has 1 amide bonds. The molecule has 0 bridgehead atoms. The van der Waals surface area contributed by atoms with Crippen LogP contribution in [-0.4, -0.2) is 33.6 Å². The number of imidazole rings is 1. The van der Waals surface area contributed by atoms with Crippen LogP contribution in [0.25, 0.3) is 0 Å². The molecule has 2 aromatic rings. The molecule has 1 aromatic heterocycles. The molecule has 2 N–H and O–H groups in total. The molecule has 1 aromatic carbocycles. The SMILES string of the molecule is COc1ccc(C(=O)O)cc1NC(=O)c1nccn1C. The van der Waals surface area contributed by atoms with Crippen LogP contribution in [0, 0.1) is 0 Å². The second kappa shape index (κ2) is 5.43. The van der Waals surface area contributed by atoms with Gasteiger partial charge in [0.15, 0.2) is 5.82 Å². The van der Waals surface area contributed by atoms with Gasteiger partial charge in [0, 0.05) is 19.4 Å². The third-order valence-corrected chi connectivity index (χ3v) is 2.72. The standard InChI is InChI=1S/C13H13N3O4/c1-16-6-5-14-11(16)12(17)15-9-7-8(13(18)19)3-4-10(9)20-2/h3-7H,1-2H3,(H,15,17)(H,18,19). The average molecular weight is 275 g/mol. The van der Waals surface area contributed by atoms with Crippen molar-refractivity contribution in [1.29, 1.82) is 0 Å². The second-order valence-electron chi connectivity index (χ2n) is 4.04. The molecule has 0 unspecified atom stereocenters. The molecule has 20 heavy (non-hydrogen) atoms. The van der Waals surface area contributed by atoms with E-state index in [2.05, 4.69) is 10.3 Å². The molecule has 0 saturated carbocycles. The van der Waals surface area contributed by atoms with Gasteiger partial charge in [-0.25, -0.2) is 9.78 Å². The first-order chi connectivity index (χ1) is 9.52. The van der Waals surface area contributed by atoms with Crippen LogP contribution < -0.4 is 10.1 Å². The van der Waals surface area contributed by atoms with Gasteiger partial charge in [0.25, 0.3) is 5.91 Å². The fourth-order valence-corrected chi connectivity index (χ4v) is 1.70. The normalized spacial score (nSPS) is 10.1. The molecule has 0 aliphatic carbocycles. The van der Waals surface area contributed by atoms with Gasteiger partial charge in [-0.15, -0.1) is 0 Å². The van der Waals surface area contributed by atoms with E-state index in [9.17, 15) is 9.59 Å². The summed E-state index contributed by atoms with van der Waals surface area (Å²) < 4.78 is 6.65. The Morgan fingerprint density at radius 1 is 1.40 bits per heavy atom. The Morgan fingerprint density at radius 3 is 2.70 bits per heavy atom. The summed E-state index contributed by atoms with van der Waals surface area (Å²) in [5.74, 6) is -0.941. The van der Waals surface area contributed by atoms with E-state index in [-0.39, 0.29) is 17.1 Å². The van der Waals surface area contributed by atoms with Gasteiger partial charge >= 0.3 is 5.97 Å². The molecule has 0 saturated heterocycles. The first-order valence-corrected chi connectivity index (χ1v) is 5.73. The summed E-state index contributed by atoms with van der Waals surface area (Å²) in [4.78, 5) is 26.9. The van der Waals surface area contributed by atoms with Crippen molar-refractivity contribution in [3.8, 4) is 5.75 Å². The van der Waals surface area contributed by atoms with Crippen LogP contribution >= 0.6 is 0 Å². The van der Waals surface area contributed by atoms with E-state index in [1.54, 1.807) is 17.8 Å². The van der Waals surface area contributed by atoms with Crippen LogP contribution in [0.15, 0.2) is 30.6 Å². The van der Waals surface area contributed by atoms with Gasteiger partial charge < -0.3 is 19.7 Å².